The number of carboxylic acids is 3. The van der Waals surface area contributed by atoms with Crippen LogP contribution in [0.25, 0.3) is 0 Å². The summed E-state index contributed by atoms with van der Waals surface area (Å²) in [6.45, 7) is 15.0. The van der Waals surface area contributed by atoms with Crippen LogP contribution >= 0.6 is 0 Å². The van der Waals surface area contributed by atoms with Gasteiger partial charge in [-0.3, -0.25) is 38.6 Å². The fourth-order valence-electron chi connectivity index (χ4n) is 7.07. The molecule has 0 saturated carbocycles. The van der Waals surface area contributed by atoms with Crippen molar-refractivity contribution in [3.63, 3.8) is 0 Å². The molecule has 0 aliphatic heterocycles. The highest BCUT2D eigenvalue weighted by molar-refractivity contribution is 6.01. The average Bonchev–Trinajstić information content (AvgIpc) is 3.31. The monoisotopic (exact) mass is 1010 g/mol. The molecular formula is C49H76N10O13. The SMILES string of the molecule is C=C(C(=O)NC(C)C(=O)NC(CC(C)C)C(=O)NC(C(=O)O)C(C)C(=O)NC(CCCN=C(N)N)C(=O)O)N(C)C(=O)C(CCC(=O)O)NC(=O)C(C)C(N)C=CC(C)=CC(C)C(Cc1ccccc1)OC. The molecule has 0 heterocycles. The van der Waals surface area contributed by atoms with Gasteiger partial charge >= 0.3 is 17.9 Å². The van der Waals surface area contributed by atoms with E-state index in [2.05, 4.69) is 38.2 Å². The predicted molar refractivity (Wildman–Crippen MR) is 268 cm³/mol. The number of amides is 6. The summed E-state index contributed by atoms with van der Waals surface area (Å²) < 4.78 is 5.74. The first-order valence-corrected chi connectivity index (χ1v) is 23.5. The van der Waals surface area contributed by atoms with Crippen LogP contribution in [-0.2, 0) is 54.3 Å². The number of methoxy groups -OCH3 is 1. The number of carbonyl (C=O) groups excluding carboxylic acids is 6. The van der Waals surface area contributed by atoms with E-state index >= 15 is 0 Å². The van der Waals surface area contributed by atoms with Crippen molar-refractivity contribution in [2.24, 2.45) is 45.9 Å². The molecule has 0 aliphatic rings. The first kappa shape index (κ1) is 62.9. The van der Waals surface area contributed by atoms with Gasteiger partial charge in [-0.25, -0.2) is 9.59 Å². The lowest BCUT2D eigenvalue weighted by Gasteiger charge is -2.28. The lowest BCUT2D eigenvalue weighted by Crippen LogP contribution is -2.58. The van der Waals surface area contributed by atoms with Crippen LogP contribution in [0.5, 0.6) is 0 Å². The molecule has 1 rings (SSSR count). The maximum absolute atomic E-state index is 13.8. The Labute approximate surface area is 420 Å². The van der Waals surface area contributed by atoms with Crippen LogP contribution in [-0.4, -0.2) is 143 Å². The van der Waals surface area contributed by atoms with Crippen LogP contribution in [0.3, 0.4) is 0 Å². The Morgan fingerprint density at radius 1 is 0.778 bits per heavy atom. The van der Waals surface area contributed by atoms with Gasteiger partial charge in [0.15, 0.2) is 5.96 Å². The Morgan fingerprint density at radius 3 is 1.90 bits per heavy atom. The summed E-state index contributed by atoms with van der Waals surface area (Å²) in [6, 6.07) is 1.56. The van der Waals surface area contributed by atoms with E-state index in [-0.39, 0.29) is 56.1 Å². The molecule has 10 atom stereocenters. The molecule has 0 spiro atoms. The van der Waals surface area contributed by atoms with Crippen LogP contribution in [0, 0.1) is 23.7 Å². The van der Waals surface area contributed by atoms with Crippen LogP contribution in [0.1, 0.15) is 86.1 Å². The van der Waals surface area contributed by atoms with E-state index in [0.29, 0.717) is 6.42 Å². The number of likely N-dealkylation sites (N-methyl/N-ethyl adjacent to an activating group) is 1. The van der Waals surface area contributed by atoms with E-state index in [0.717, 1.165) is 23.1 Å². The number of aliphatic imine (C=N–C) groups is 1. The Hall–Kier alpha value is -7.14. The van der Waals surface area contributed by atoms with Gasteiger partial charge in [-0.1, -0.05) is 95.3 Å². The summed E-state index contributed by atoms with van der Waals surface area (Å²) in [5.74, 6) is -12.7. The van der Waals surface area contributed by atoms with Crippen molar-refractivity contribution in [3.05, 3.63) is 72.0 Å². The molecular weight excluding hydrogens is 937 g/mol. The number of carbonyl (C=O) groups is 9. The van der Waals surface area contributed by atoms with Crippen molar-refractivity contribution in [2.45, 2.75) is 129 Å². The number of ether oxygens (including phenoxy) is 1. The summed E-state index contributed by atoms with van der Waals surface area (Å²) in [6.07, 6.45) is 5.17. The zero-order valence-corrected chi connectivity index (χ0v) is 42.7. The van der Waals surface area contributed by atoms with Crippen molar-refractivity contribution >= 4 is 59.3 Å². The van der Waals surface area contributed by atoms with Gasteiger partial charge in [0.25, 0.3) is 5.91 Å². The molecule has 0 fully saturated rings. The van der Waals surface area contributed by atoms with Crippen molar-refractivity contribution in [1.82, 2.24) is 31.5 Å². The van der Waals surface area contributed by atoms with Crippen LogP contribution in [0.4, 0.5) is 0 Å². The number of nitrogens with zero attached hydrogens (tertiary/aromatic N) is 2. The Morgan fingerprint density at radius 2 is 1.36 bits per heavy atom. The first-order valence-electron chi connectivity index (χ1n) is 23.5. The Bertz CT molecular complexity index is 2140. The van der Waals surface area contributed by atoms with E-state index in [1.165, 1.54) is 20.8 Å². The lowest BCUT2D eigenvalue weighted by molar-refractivity contribution is -0.147. The summed E-state index contributed by atoms with van der Waals surface area (Å²) in [5.41, 5.74) is 18.4. The molecule has 0 radical (unpaired) electrons. The topological polar surface area (TPSA) is 377 Å². The van der Waals surface area contributed by atoms with Gasteiger partial charge in [0.2, 0.25) is 29.5 Å². The fourth-order valence-corrected chi connectivity index (χ4v) is 7.07. The molecule has 10 unspecified atom stereocenters. The molecule has 0 bridgehead atoms. The Balaban J connectivity index is 3.07. The lowest BCUT2D eigenvalue weighted by atomic mass is 9.95. The quantitative estimate of drug-likeness (QED) is 0.0154. The second kappa shape index (κ2) is 31.2. The third-order valence-corrected chi connectivity index (χ3v) is 11.6. The number of aliphatic carboxylic acids is 3. The molecule has 72 heavy (non-hydrogen) atoms. The molecule has 23 heteroatoms. The van der Waals surface area contributed by atoms with Crippen LogP contribution < -0.4 is 43.8 Å². The van der Waals surface area contributed by atoms with E-state index in [1.54, 1.807) is 33.1 Å². The van der Waals surface area contributed by atoms with E-state index < -0.39 is 114 Å². The summed E-state index contributed by atoms with van der Waals surface area (Å²) in [5, 5.41) is 40.9. The van der Waals surface area contributed by atoms with Gasteiger partial charge in [0, 0.05) is 39.1 Å². The van der Waals surface area contributed by atoms with Gasteiger partial charge < -0.3 is 68.7 Å². The zero-order valence-electron chi connectivity index (χ0n) is 42.7. The van der Waals surface area contributed by atoms with E-state index in [4.69, 9.17) is 21.9 Å². The number of hydrogen-bond acceptors (Lipinski definition) is 12. The van der Waals surface area contributed by atoms with Crippen LogP contribution in [0.15, 0.2) is 71.4 Å². The number of carboxylic acid groups (broad SMARTS) is 3. The highest BCUT2D eigenvalue weighted by Crippen LogP contribution is 2.18. The normalized spacial score (nSPS) is 15.7. The number of allylic oxidation sites excluding steroid dienone is 2. The number of benzene rings is 1. The van der Waals surface area contributed by atoms with E-state index in [9.17, 15) is 58.5 Å². The van der Waals surface area contributed by atoms with Crippen molar-refractivity contribution < 1.29 is 63.2 Å². The molecule has 400 valence electrons. The largest absolute Gasteiger partial charge is 0.481 e. The molecule has 0 aliphatic carbocycles. The highest BCUT2D eigenvalue weighted by atomic mass is 16.5. The number of hydrogen-bond donors (Lipinski definition) is 11. The van der Waals surface area contributed by atoms with Crippen molar-refractivity contribution in [3.8, 4) is 0 Å². The number of rotatable bonds is 32. The van der Waals surface area contributed by atoms with Crippen LogP contribution in [0.2, 0.25) is 0 Å². The summed E-state index contributed by atoms with van der Waals surface area (Å²) >= 11 is 0. The van der Waals surface area contributed by atoms with Crippen molar-refractivity contribution in [2.75, 3.05) is 20.7 Å². The maximum atomic E-state index is 13.8. The van der Waals surface area contributed by atoms with Gasteiger partial charge in [-0.2, -0.15) is 0 Å². The van der Waals surface area contributed by atoms with Gasteiger partial charge in [0.1, 0.15) is 35.9 Å². The van der Waals surface area contributed by atoms with E-state index in [1.807, 2.05) is 50.3 Å². The second-order valence-corrected chi connectivity index (χ2v) is 18.1. The molecule has 6 amide bonds. The Kier molecular flexibility index (Phi) is 27.3. The molecule has 0 saturated heterocycles. The third-order valence-electron chi connectivity index (χ3n) is 11.6. The zero-order chi connectivity index (χ0) is 55.0. The van der Waals surface area contributed by atoms with Gasteiger partial charge in [-0.05, 0) is 57.4 Å². The average molecular weight is 1010 g/mol. The van der Waals surface area contributed by atoms with Gasteiger partial charge in [-0.15, -0.1) is 0 Å². The minimum Gasteiger partial charge on any atom is -0.481 e. The summed E-state index contributed by atoms with van der Waals surface area (Å²) in [7, 11) is 2.82. The summed E-state index contributed by atoms with van der Waals surface area (Å²) in [4.78, 5) is 121. The predicted octanol–water partition coefficient (Wildman–Crippen LogP) is 0.532. The smallest absolute Gasteiger partial charge is 0.327 e. The fraction of sp³-hybridized carbons (Fsp3) is 0.551. The molecule has 14 N–H and O–H groups in total. The number of nitrogens with two attached hydrogens (primary N) is 3. The standard InChI is InChI=1S/C49H76N10O13/c1-26(2)23-37(45(66)58-40(48(70)71)30(6)42(63)56-36(47(68)69)17-14-22-53-49(51)52)57-43(64)31(7)54-44(65)32(8)59(9)46(67)35(20-21-39(60)61)55-41(62)29(5)34(50)19-18-27(3)24-28(4)38(72-10)25-33-15-12-11-13-16-33/h11-13,15-16,18-19,24,26,28-31,34-38,40H,8,14,17,20-23,25,50H2,1-7,9-10H3,(H,54,65)(H,55,62)(H,56,63)(H,57,64)(H,58,66)(H,60,61)(H,68,69)(H,70,71)(H4,51,52,53). The molecule has 0 aromatic heterocycles. The second-order valence-electron chi connectivity index (χ2n) is 18.1. The molecule has 1 aromatic carbocycles. The number of guanidine groups is 1. The first-order chi connectivity index (χ1) is 33.6. The third kappa shape index (κ3) is 22.3. The number of nitrogens with one attached hydrogen (secondary N) is 5. The van der Waals surface area contributed by atoms with Crippen molar-refractivity contribution in [1.29, 1.82) is 0 Å². The van der Waals surface area contributed by atoms with Gasteiger partial charge in [0.05, 0.1) is 17.9 Å². The molecule has 23 nitrogen and oxygen atoms in total. The maximum Gasteiger partial charge on any atom is 0.327 e. The molecule has 1 aromatic rings. The minimum atomic E-state index is -1.87. The highest BCUT2D eigenvalue weighted by Gasteiger charge is 2.37. The minimum absolute atomic E-state index is 0.0254.